The normalized spacial score (nSPS) is 15.5. The van der Waals surface area contributed by atoms with Gasteiger partial charge in [0.15, 0.2) is 0 Å². The van der Waals surface area contributed by atoms with Crippen LogP contribution in [-0.4, -0.2) is 62.1 Å². The van der Waals surface area contributed by atoms with Crippen molar-refractivity contribution >= 4 is 44.8 Å². The third kappa shape index (κ3) is 8.65. The van der Waals surface area contributed by atoms with Crippen LogP contribution in [0.25, 0.3) is 0 Å². The number of nitro benzene ring substituents is 1. The second kappa shape index (κ2) is 16.1. The first-order chi connectivity index (χ1) is 25.7. The van der Waals surface area contributed by atoms with Crippen LogP contribution in [0.3, 0.4) is 0 Å². The van der Waals surface area contributed by atoms with Crippen LogP contribution in [0.5, 0.6) is 11.5 Å². The maximum Gasteiger partial charge on any atom is 0.293 e. The molecule has 1 atom stereocenters. The molecule has 53 heavy (non-hydrogen) atoms. The van der Waals surface area contributed by atoms with Crippen molar-refractivity contribution in [3.8, 4) is 11.5 Å². The lowest BCUT2D eigenvalue weighted by Gasteiger charge is -2.46. The molecule has 1 saturated heterocycles. The number of nitrogens with one attached hydrogen (secondary N) is 2. The number of sulfonamides is 1. The third-order valence-corrected chi connectivity index (χ3v) is 11.8. The predicted molar refractivity (Wildman–Crippen MR) is 208 cm³/mol. The summed E-state index contributed by atoms with van der Waals surface area (Å²) < 4.78 is 34.9. The van der Waals surface area contributed by atoms with Crippen LogP contribution in [-0.2, 0) is 23.0 Å². The van der Waals surface area contributed by atoms with E-state index >= 15 is 0 Å². The zero-order valence-electron chi connectivity index (χ0n) is 28.9. The fraction of sp³-hybridized carbons (Fsp3) is 0.225. The van der Waals surface area contributed by atoms with Crippen molar-refractivity contribution in [1.82, 2.24) is 9.62 Å². The van der Waals surface area contributed by atoms with Gasteiger partial charge in [0.05, 0.1) is 9.82 Å². The first kappa shape index (κ1) is 36.0. The van der Waals surface area contributed by atoms with Crippen LogP contribution in [0, 0.1) is 10.1 Å². The number of hydrogen-bond donors (Lipinski definition) is 2. The van der Waals surface area contributed by atoms with Crippen LogP contribution >= 0.6 is 11.8 Å². The number of carbonyl (C=O) groups is 1. The molecule has 11 nitrogen and oxygen atoms in total. The molecule has 0 aromatic heterocycles. The number of nitrogens with zero attached hydrogens (tertiary/aromatic N) is 3. The van der Waals surface area contributed by atoms with Crippen molar-refractivity contribution in [3.63, 3.8) is 0 Å². The zero-order chi connectivity index (χ0) is 36.8. The van der Waals surface area contributed by atoms with Gasteiger partial charge >= 0.3 is 0 Å². The van der Waals surface area contributed by atoms with Crippen molar-refractivity contribution in [2.45, 2.75) is 35.2 Å². The molecular weight excluding hydrogens is 711 g/mol. The highest BCUT2D eigenvalue weighted by Crippen LogP contribution is 2.35. The molecule has 5 aromatic rings. The van der Waals surface area contributed by atoms with E-state index in [4.69, 9.17) is 4.74 Å². The Morgan fingerprint density at radius 1 is 0.906 bits per heavy atom. The van der Waals surface area contributed by atoms with E-state index in [-0.39, 0.29) is 16.1 Å². The van der Waals surface area contributed by atoms with Crippen LogP contribution in [0.4, 0.5) is 17.1 Å². The molecule has 1 amide bonds. The number of nitro groups is 1. The van der Waals surface area contributed by atoms with Crippen molar-refractivity contribution in [2.24, 2.45) is 0 Å². The quantitative estimate of drug-likeness (QED) is 0.0545. The van der Waals surface area contributed by atoms with Crippen LogP contribution in [0.1, 0.15) is 27.9 Å². The number of fused-ring (bicyclic) bond motifs is 3. The third-order valence-electron chi connectivity index (χ3n) is 9.44. The number of para-hydroxylation sites is 2. The highest BCUT2D eigenvalue weighted by molar-refractivity contribution is 7.99. The number of carbonyl (C=O) groups excluding carboxylic acids is 1. The first-order valence-corrected chi connectivity index (χ1v) is 19.9. The summed E-state index contributed by atoms with van der Waals surface area (Å²) in [6, 6.07) is 36.8. The molecule has 0 radical (unpaired) electrons. The molecule has 2 aliphatic heterocycles. The zero-order valence-corrected chi connectivity index (χ0v) is 30.5. The van der Waals surface area contributed by atoms with Gasteiger partial charge in [-0.05, 0) is 79.1 Å². The average molecular weight is 750 g/mol. The molecule has 0 spiro atoms. The van der Waals surface area contributed by atoms with Crippen LogP contribution in [0.2, 0.25) is 0 Å². The van der Waals surface area contributed by atoms with E-state index in [1.165, 1.54) is 12.1 Å². The van der Waals surface area contributed by atoms with Crippen molar-refractivity contribution in [3.05, 3.63) is 148 Å². The predicted octanol–water partition coefficient (Wildman–Crippen LogP) is 7.35. The molecule has 2 N–H and O–H groups in total. The Bertz CT molecular complexity index is 2200. The fourth-order valence-corrected chi connectivity index (χ4v) is 8.62. The van der Waals surface area contributed by atoms with Crippen molar-refractivity contribution in [1.29, 1.82) is 0 Å². The first-order valence-electron chi connectivity index (χ1n) is 17.4. The lowest BCUT2D eigenvalue weighted by atomic mass is 9.92. The lowest BCUT2D eigenvalue weighted by Crippen LogP contribution is -2.54. The maximum absolute atomic E-state index is 13.3. The number of hydrogen-bond acceptors (Lipinski definition) is 10. The summed E-state index contributed by atoms with van der Waals surface area (Å²) in [4.78, 5) is 30.1. The molecule has 0 unspecified atom stereocenters. The summed E-state index contributed by atoms with van der Waals surface area (Å²) >= 11 is 1.60. The van der Waals surface area contributed by atoms with E-state index in [2.05, 4.69) is 25.9 Å². The number of aryl methyl sites for hydroxylation is 1. The number of ether oxygens (including phenoxy) is 1. The number of anilines is 2. The second-order valence-electron chi connectivity index (χ2n) is 12.9. The summed E-state index contributed by atoms with van der Waals surface area (Å²) in [5, 5.41) is 14.9. The van der Waals surface area contributed by atoms with E-state index in [1.54, 1.807) is 23.9 Å². The van der Waals surface area contributed by atoms with Crippen molar-refractivity contribution < 1.29 is 22.9 Å². The van der Waals surface area contributed by atoms with E-state index in [0.717, 1.165) is 78.3 Å². The Kier molecular flexibility index (Phi) is 10.9. The standard InChI is InChI=1S/C40H39N5O6S2/c46-40(42-53(49,50)35-18-19-36(38(26-35)45(47)48)41-21-24-52-34-12-5-2-6-13-34)30-16-20-37-29(25-30)15-17-32-28-43(22-23-44(32)37)27-31-9-7-8-14-39(31)51-33-10-3-1-4-11-33/h1-14,16,18-20,25-26,32,41H,15,17,21-24,27-28H2,(H,42,46)/t32-/m1/s1. The van der Waals surface area contributed by atoms with Gasteiger partial charge in [-0.25, -0.2) is 13.1 Å². The summed E-state index contributed by atoms with van der Waals surface area (Å²) in [5.74, 6) is 1.50. The fourth-order valence-electron chi connectivity index (χ4n) is 6.84. The van der Waals surface area contributed by atoms with E-state index < -0.39 is 26.5 Å². The largest absolute Gasteiger partial charge is 0.457 e. The molecule has 272 valence electrons. The van der Waals surface area contributed by atoms with Crippen LogP contribution in [0.15, 0.2) is 131 Å². The smallest absolute Gasteiger partial charge is 0.293 e. The van der Waals surface area contributed by atoms with E-state index in [0.29, 0.717) is 18.3 Å². The number of rotatable bonds is 13. The molecule has 7 rings (SSSR count). The number of amides is 1. The Balaban J connectivity index is 0.968. The average Bonchev–Trinajstić information content (AvgIpc) is 3.17. The van der Waals surface area contributed by atoms with Gasteiger partial charge in [-0.3, -0.25) is 19.8 Å². The minimum absolute atomic E-state index is 0.199. The Labute approximate surface area is 313 Å². The Hall–Kier alpha value is -5.37. The van der Waals surface area contributed by atoms with E-state index in [1.807, 2.05) is 84.9 Å². The van der Waals surface area contributed by atoms with Crippen molar-refractivity contribution in [2.75, 3.05) is 42.1 Å². The van der Waals surface area contributed by atoms with Gasteiger partial charge in [0.25, 0.3) is 21.6 Å². The Morgan fingerprint density at radius 3 is 2.45 bits per heavy atom. The lowest BCUT2D eigenvalue weighted by molar-refractivity contribution is -0.384. The summed E-state index contributed by atoms with van der Waals surface area (Å²) in [5.41, 5.74) is 3.18. The monoisotopic (exact) mass is 749 g/mol. The van der Waals surface area contributed by atoms with Gasteiger partial charge in [0.2, 0.25) is 0 Å². The molecule has 0 aliphatic carbocycles. The number of thioether (sulfide) groups is 1. The molecule has 2 aliphatic rings. The molecule has 2 heterocycles. The topological polar surface area (TPSA) is 134 Å². The number of benzene rings is 5. The SMILES string of the molecule is O=C(NS(=O)(=O)c1ccc(NCCSc2ccccc2)c([N+](=O)[O-])c1)c1ccc2c(c1)CC[C@@H]1CN(Cc3ccccc3Oc3ccccc3)CCN21. The van der Waals surface area contributed by atoms with Crippen LogP contribution < -0.4 is 19.7 Å². The van der Waals surface area contributed by atoms with Gasteiger partial charge in [0.1, 0.15) is 17.2 Å². The van der Waals surface area contributed by atoms with Gasteiger partial charge in [-0.15, -0.1) is 11.8 Å². The Morgan fingerprint density at radius 2 is 1.66 bits per heavy atom. The second-order valence-corrected chi connectivity index (χ2v) is 15.8. The van der Waals surface area contributed by atoms with Gasteiger partial charge < -0.3 is 15.0 Å². The van der Waals surface area contributed by atoms with Gasteiger partial charge in [-0.1, -0.05) is 54.6 Å². The minimum Gasteiger partial charge on any atom is -0.457 e. The highest BCUT2D eigenvalue weighted by Gasteiger charge is 2.33. The molecule has 5 aromatic carbocycles. The highest BCUT2D eigenvalue weighted by atomic mass is 32.2. The maximum atomic E-state index is 13.3. The van der Waals surface area contributed by atoms with E-state index in [9.17, 15) is 23.3 Å². The van der Waals surface area contributed by atoms with Gasteiger partial charge in [-0.2, -0.15) is 0 Å². The summed E-state index contributed by atoms with van der Waals surface area (Å²) in [6.45, 7) is 3.74. The molecular formula is C40H39N5O6S2. The molecule has 13 heteroatoms. The van der Waals surface area contributed by atoms with Gasteiger partial charge in [0, 0.05) is 72.3 Å². The minimum atomic E-state index is -4.40. The summed E-state index contributed by atoms with van der Waals surface area (Å²) in [7, 11) is -4.40. The number of piperazine rings is 1. The molecule has 1 fully saturated rings. The summed E-state index contributed by atoms with van der Waals surface area (Å²) in [6.07, 6.45) is 1.64. The molecule has 0 saturated carbocycles. The molecule has 0 bridgehead atoms.